The number of carbonyl (C=O) groups excluding carboxylic acids is 1. The molecule has 0 radical (unpaired) electrons. The Labute approximate surface area is 126 Å². The van der Waals surface area contributed by atoms with Crippen LogP contribution in [-0.2, 0) is 6.42 Å². The van der Waals surface area contributed by atoms with Crippen molar-refractivity contribution in [3.63, 3.8) is 0 Å². The molecule has 0 aliphatic carbocycles. The van der Waals surface area contributed by atoms with E-state index in [0.29, 0.717) is 6.42 Å². The van der Waals surface area contributed by atoms with Crippen molar-refractivity contribution < 1.29 is 9.90 Å². The van der Waals surface area contributed by atoms with Crippen molar-refractivity contribution in [3.8, 4) is 5.75 Å². The lowest BCUT2D eigenvalue weighted by Crippen LogP contribution is -1.93. The van der Waals surface area contributed by atoms with E-state index in [2.05, 4.69) is 45.6 Å². The summed E-state index contributed by atoms with van der Waals surface area (Å²) < 4.78 is 0. The lowest BCUT2D eigenvalue weighted by Gasteiger charge is -2.06. The van der Waals surface area contributed by atoms with Crippen LogP contribution < -0.4 is 0 Å². The first kappa shape index (κ1) is 16.6. The molecule has 0 aliphatic rings. The summed E-state index contributed by atoms with van der Waals surface area (Å²) in [5, 5.41) is 9.60. The van der Waals surface area contributed by atoms with Gasteiger partial charge in [0.25, 0.3) is 0 Å². The Balaban J connectivity index is 2.72. The van der Waals surface area contributed by atoms with Crippen molar-refractivity contribution in [2.45, 2.75) is 40.0 Å². The Morgan fingerprint density at radius 2 is 1.95 bits per heavy atom. The molecule has 3 heteroatoms. The first-order valence-electron chi connectivity index (χ1n) is 6.75. The van der Waals surface area contributed by atoms with E-state index in [-0.39, 0.29) is 11.3 Å². The summed E-state index contributed by atoms with van der Waals surface area (Å²) in [6, 6.07) is 5.18. The van der Waals surface area contributed by atoms with Crippen LogP contribution >= 0.6 is 12.6 Å². The third-order valence-corrected chi connectivity index (χ3v) is 3.35. The number of carbonyl (C=O) groups is 1. The largest absolute Gasteiger partial charge is 0.507 e. The number of hydrogen-bond donors (Lipinski definition) is 2. The first-order valence-corrected chi connectivity index (χ1v) is 7.19. The van der Waals surface area contributed by atoms with Crippen LogP contribution in [-0.4, -0.2) is 10.2 Å². The van der Waals surface area contributed by atoms with Crippen LogP contribution in [0.3, 0.4) is 0 Å². The summed E-state index contributed by atoms with van der Waals surface area (Å²) in [4.78, 5) is 11.2. The van der Waals surface area contributed by atoms with E-state index < -0.39 is 5.12 Å². The minimum absolute atomic E-state index is 0.0425. The standard InChI is InChI=1S/C17H22O2S/c1-12(2)6-4-7-13(3)10-11-14-8-5-9-15(16(14)18)17(19)20/h5-6,8-10,18H,4,7,11H2,1-3H3,(H,19,20)/b13-10+. The Morgan fingerprint density at radius 3 is 2.55 bits per heavy atom. The number of allylic oxidation sites excluding steroid dienone is 4. The van der Waals surface area contributed by atoms with Crippen molar-refractivity contribution >= 4 is 17.7 Å². The predicted octanol–water partition coefficient (Wildman–Crippen LogP) is 4.70. The van der Waals surface area contributed by atoms with Gasteiger partial charge >= 0.3 is 0 Å². The Hall–Kier alpha value is -1.48. The molecule has 0 saturated carbocycles. The second-order valence-corrected chi connectivity index (χ2v) is 5.60. The minimum Gasteiger partial charge on any atom is -0.507 e. The number of aromatic hydroxyl groups is 1. The molecule has 1 rings (SSSR count). The van der Waals surface area contributed by atoms with Gasteiger partial charge in [-0.25, -0.2) is 0 Å². The van der Waals surface area contributed by atoms with Gasteiger partial charge in [-0.1, -0.05) is 35.4 Å². The molecular weight excluding hydrogens is 268 g/mol. The number of hydrogen-bond acceptors (Lipinski definition) is 2. The van der Waals surface area contributed by atoms with Gasteiger partial charge in [-0.2, -0.15) is 0 Å². The molecule has 1 aromatic carbocycles. The second-order valence-electron chi connectivity index (χ2n) is 5.19. The van der Waals surface area contributed by atoms with Gasteiger partial charge in [0, 0.05) is 0 Å². The lowest BCUT2D eigenvalue weighted by atomic mass is 10.0. The fraction of sp³-hybridized carbons (Fsp3) is 0.353. The second kappa shape index (κ2) is 7.95. The topological polar surface area (TPSA) is 37.3 Å². The van der Waals surface area contributed by atoms with E-state index >= 15 is 0 Å². The molecule has 0 saturated heterocycles. The van der Waals surface area contributed by atoms with Gasteiger partial charge in [0.05, 0.1) is 5.56 Å². The van der Waals surface area contributed by atoms with Crippen molar-refractivity contribution in [2.24, 2.45) is 0 Å². The third kappa shape index (κ3) is 5.25. The fourth-order valence-electron chi connectivity index (χ4n) is 1.90. The number of rotatable bonds is 6. The Kier molecular flexibility index (Phi) is 6.59. The smallest absolute Gasteiger partial charge is 0.220 e. The summed E-state index contributed by atoms with van der Waals surface area (Å²) in [5.41, 5.74) is 3.63. The van der Waals surface area contributed by atoms with Crippen LogP contribution in [0.4, 0.5) is 0 Å². The van der Waals surface area contributed by atoms with Crippen LogP contribution in [0.25, 0.3) is 0 Å². The molecule has 2 nitrogen and oxygen atoms in total. The average molecular weight is 290 g/mol. The van der Waals surface area contributed by atoms with E-state index in [1.807, 2.05) is 6.07 Å². The molecular formula is C17H22O2S. The highest BCUT2D eigenvalue weighted by Gasteiger charge is 2.10. The number of phenolic OH excluding ortho intramolecular Hbond substituents is 1. The van der Waals surface area contributed by atoms with Gasteiger partial charge in [-0.15, -0.1) is 12.6 Å². The molecule has 0 spiro atoms. The van der Waals surface area contributed by atoms with Crippen LogP contribution in [0, 0.1) is 0 Å². The summed E-state index contributed by atoms with van der Waals surface area (Å²) in [6.45, 7) is 6.28. The average Bonchev–Trinajstić information content (AvgIpc) is 2.36. The van der Waals surface area contributed by atoms with Crippen molar-refractivity contribution in [1.82, 2.24) is 0 Å². The molecule has 0 bridgehead atoms. The van der Waals surface area contributed by atoms with Crippen molar-refractivity contribution in [3.05, 3.63) is 52.6 Å². The maximum Gasteiger partial charge on any atom is 0.220 e. The van der Waals surface area contributed by atoms with E-state index in [1.54, 1.807) is 12.1 Å². The molecule has 108 valence electrons. The quantitative estimate of drug-likeness (QED) is 0.588. The number of thiol groups is 1. The summed E-state index contributed by atoms with van der Waals surface area (Å²) >= 11 is 3.76. The lowest BCUT2D eigenvalue weighted by molar-refractivity contribution is 0.108. The maximum absolute atomic E-state index is 11.2. The zero-order chi connectivity index (χ0) is 15.1. The SMILES string of the molecule is CC(C)=CCC/C(C)=C/Cc1cccc(C(=O)S)c1O. The molecule has 1 aromatic rings. The highest BCUT2D eigenvalue weighted by atomic mass is 32.1. The van der Waals surface area contributed by atoms with Gasteiger partial charge in [-0.3, -0.25) is 4.79 Å². The third-order valence-electron chi connectivity index (χ3n) is 3.11. The minimum atomic E-state index is -0.409. The van der Waals surface area contributed by atoms with E-state index in [9.17, 15) is 9.90 Å². The molecule has 0 fully saturated rings. The zero-order valence-corrected chi connectivity index (χ0v) is 13.2. The molecule has 20 heavy (non-hydrogen) atoms. The van der Waals surface area contributed by atoms with Crippen LogP contribution in [0.5, 0.6) is 5.75 Å². The summed E-state index contributed by atoms with van der Waals surface area (Å²) in [7, 11) is 0. The van der Waals surface area contributed by atoms with Gasteiger partial charge in [0.2, 0.25) is 5.12 Å². The van der Waals surface area contributed by atoms with Crippen LogP contribution in [0.15, 0.2) is 41.5 Å². The molecule has 0 heterocycles. The van der Waals surface area contributed by atoms with Crippen LogP contribution in [0.2, 0.25) is 0 Å². The normalized spacial score (nSPS) is 11.3. The van der Waals surface area contributed by atoms with Gasteiger partial charge in [0.1, 0.15) is 5.75 Å². The molecule has 0 aromatic heterocycles. The molecule has 0 unspecified atom stereocenters. The first-order chi connectivity index (χ1) is 9.41. The summed E-state index contributed by atoms with van der Waals surface area (Å²) in [6.07, 6.45) is 6.99. The van der Waals surface area contributed by atoms with Crippen LogP contribution in [0.1, 0.15) is 49.5 Å². The Morgan fingerprint density at radius 1 is 1.25 bits per heavy atom. The monoisotopic (exact) mass is 290 g/mol. The van der Waals surface area contributed by atoms with Gasteiger partial charge < -0.3 is 5.11 Å². The number of phenols is 1. The highest BCUT2D eigenvalue weighted by molar-refractivity contribution is 7.97. The van der Waals surface area contributed by atoms with E-state index in [1.165, 1.54) is 11.1 Å². The predicted molar refractivity (Wildman–Crippen MR) is 87.5 cm³/mol. The maximum atomic E-state index is 11.2. The number of benzene rings is 1. The fourth-order valence-corrected chi connectivity index (χ4v) is 2.08. The van der Waals surface area contributed by atoms with E-state index in [4.69, 9.17) is 0 Å². The Bertz CT molecular complexity index is 538. The highest BCUT2D eigenvalue weighted by Crippen LogP contribution is 2.25. The van der Waals surface area contributed by atoms with Crippen molar-refractivity contribution in [2.75, 3.05) is 0 Å². The molecule has 0 aliphatic heterocycles. The molecule has 0 atom stereocenters. The van der Waals surface area contributed by atoms with E-state index in [0.717, 1.165) is 18.4 Å². The van der Waals surface area contributed by atoms with Crippen molar-refractivity contribution in [1.29, 1.82) is 0 Å². The summed E-state index contributed by atoms with van der Waals surface area (Å²) in [5.74, 6) is 0.0425. The zero-order valence-electron chi connectivity index (χ0n) is 12.3. The molecule has 0 amide bonds. The molecule has 1 N–H and O–H groups in total. The van der Waals surface area contributed by atoms with Gasteiger partial charge in [-0.05, 0) is 51.7 Å². The number of para-hydroxylation sites is 1. The van der Waals surface area contributed by atoms with Gasteiger partial charge in [0.15, 0.2) is 0 Å².